The molecule has 4 rings (SSSR count). The van der Waals surface area contributed by atoms with Crippen molar-refractivity contribution in [1.29, 1.82) is 0 Å². The van der Waals surface area contributed by atoms with E-state index < -0.39 is 0 Å². The second-order valence-electron chi connectivity index (χ2n) is 7.10. The van der Waals surface area contributed by atoms with Crippen molar-refractivity contribution in [2.75, 3.05) is 4.90 Å². The number of thioether (sulfide) groups is 1. The Bertz CT molecular complexity index is 1210. The van der Waals surface area contributed by atoms with Gasteiger partial charge in [0.15, 0.2) is 4.32 Å². The third kappa shape index (κ3) is 5.02. The standard InChI is InChI=1S/C25H19Cl2NO2S2/c1-2-18-5-3-4-6-21(18)28-24(29)23(32-25(28)31)14-17-9-12-22(20(27)13-17)30-15-16-7-10-19(26)11-8-16/h3-14H,2,15H2,1H3/b23-14-. The van der Waals surface area contributed by atoms with E-state index in [1.54, 1.807) is 17.0 Å². The molecule has 7 heteroatoms. The van der Waals surface area contributed by atoms with Gasteiger partial charge in [0, 0.05) is 5.02 Å². The summed E-state index contributed by atoms with van der Waals surface area (Å²) >= 11 is 19.1. The Kier molecular flexibility index (Phi) is 7.21. The highest BCUT2D eigenvalue weighted by Crippen LogP contribution is 2.38. The van der Waals surface area contributed by atoms with Crippen LogP contribution in [0.25, 0.3) is 6.08 Å². The highest BCUT2D eigenvalue weighted by atomic mass is 35.5. The summed E-state index contributed by atoms with van der Waals surface area (Å²) < 4.78 is 6.35. The Labute approximate surface area is 207 Å². The smallest absolute Gasteiger partial charge is 0.270 e. The van der Waals surface area contributed by atoms with E-state index in [0.717, 1.165) is 28.8 Å². The summed E-state index contributed by atoms with van der Waals surface area (Å²) in [6.45, 7) is 2.44. The number of carbonyl (C=O) groups is 1. The number of thiocarbonyl (C=S) groups is 1. The van der Waals surface area contributed by atoms with Crippen LogP contribution in [0.2, 0.25) is 10.0 Å². The fraction of sp³-hybridized carbons (Fsp3) is 0.120. The van der Waals surface area contributed by atoms with Crippen LogP contribution >= 0.6 is 47.2 Å². The second-order valence-corrected chi connectivity index (χ2v) is 9.62. The summed E-state index contributed by atoms with van der Waals surface area (Å²) in [5.74, 6) is 0.447. The van der Waals surface area contributed by atoms with Crippen LogP contribution in [0.1, 0.15) is 23.6 Å². The molecule has 0 bridgehead atoms. The molecule has 162 valence electrons. The molecule has 32 heavy (non-hydrogen) atoms. The number of halogens is 2. The van der Waals surface area contributed by atoms with E-state index in [9.17, 15) is 4.79 Å². The van der Waals surface area contributed by atoms with Crippen molar-refractivity contribution < 1.29 is 9.53 Å². The molecule has 1 amide bonds. The molecule has 1 fully saturated rings. The number of amides is 1. The van der Waals surface area contributed by atoms with Gasteiger partial charge in [-0.15, -0.1) is 0 Å². The van der Waals surface area contributed by atoms with E-state index in [2.05, 4.69) is 6.92 Å². The second kappa shape index (κ2) is 10.1. The molecule has 0 radical (unpaired) electrons. The molecular weight excluding hydrogens is 481 g/mol. The van der Waals surface area contributed by atoms with E-state index in [0.29, 0.717) is 31.6 Å². The molecule has 3 nitrogen and oxygen atoms in total. The first-order chi connectivity index (χ1) is 15.5. The lowest BCUT2D eigenvalue weighted by molar-refractivity contribution is -0.113. The lowest BCUT2D eigenvalue weighted by atomic mass is 10.1. The van der Waals surface area contributed by atoms with Gasteiger partial charge in [-0.05, 0) is 59.5 Å². The summed E-state index contributed by atoms with van der Waals surface area (Å²) in [6, 6.07) is 20.7. The fourth-order valence-corrected chi connectivity index (χ4v) is 4.97. The van der Waals surface area contributed by atoms with Crippen molar-refractivity contribution in [3.63, 3.8) is 0 Å². The maximum absolute atomic E-state index is 13.1. The number of benzene rings is 3. The van der Waals surface area contributed by atoms with Gasteiger partial charge in [0.05, 0.1) is 15.6 Å². The molecular formula is C25H19Cl2NO2S2. The SMILES string of the molecule is CCc1ccccc1N1C(=O)/C(=C/c2ccc(OCc3ccc(Cl)cc3)c(Cl)c2)SC1=S. The van der Waals surface area contributed by atoms with Gasteiger partial charge in [0.25, 0.3) is 5.91 Å². The summed E-state index contributed by atoms with van der Waals surface area (Å²) in [5, 5.41) is 1.15. The summed E-state index contributed by atoms with van der Waals surface area (Å²) in [5.41, 5.74) is 3.71. The molecule has 0 aromatic heterocycles. The van der Waals surface area contributed by atoms with Crippen molar-refractivity contribution in [2.45, 2.75) is 20.0 Å². The first-order valence-electron chi connectivity index (χ1n) is 9.99. The van der Waals surface area contributed by atoms with E-state index >= 15 is 0 Å². The zero-order chi connectivity index (χ0) is 22.7. The molecule has 1 aliphatic rings. The quantitative estimate of drug-likeness (QED) is 0.258. The molecule has 0 atom stereocenters. The average Bonchev–Trinajstić information content (AvgIpc) is 3.07. The lowest BCUT2D eigenvalue weighted by Crippen LogP contribution is -2.28. The Morgan fingerprint density at radius 1 is 1.06 bits per heavy atom. The summed E-state index contributed by atoms with van der Waals surface area (Å²) in [4.78, 5) is 15.3. The van der Waals surface area contributed by atoms with Gasteiger partial charge in [-0.1, -0.05) is 90.5 Å². The molecule has 1 aliphatic heterocycles. The lowest BCUT2D eigenvalue weighted by Gasteiger charge is -2.18. The van der Waals surface area contributed by atoms with Gasteiger partial charge in [0.2, 0.25) is 0 Å². The molecule has 3 aromatic carbocycles. The van der Waals surface area contributed by atoms with Crippen LogP contribution in [-0.4, -0.2) is 10.2 Å². The minimum atomic E-state index is -0.125. The third-order valence-electron chi connectivity index (χ3n) is 4.97. The van der Waals surface area contributed by atoms with Crippen LogP contribution in [0, 0.1) is 0 Å². The van der Waals surface area contributed by atoms with Crippen LogP contribution in [0.4, 0.5) is 5.69 Å². The normalized spacial score (nSPS) is 15.0. The Balaban J connectivity index is 1.51. The van der Waals surface area contributed by atoms with E-state index in [1.165, 1.54) is 11.8 Å². The monoisotopic (exact) mass is 499 g/mol. The Morgan fingerprint density at radius 3 is 2.53 bits per heavy atom. The number of nitrogens with zero attached hydrogens (tertiary/aromatic N) is 1. The predicted octanol–water partition coefficient (Wildman–Crippen LogP) is 7.54. The predicted molar refractivity (Wildman–Crippen MR) is 139 cm³/mol. The number of ether oxygens (including phenoxy) is 1. The minimum Gasteiger partial charge on any atom is -0.487 e. The fourth-order valence-electron chi connectivity index (χ4n) is 3.32. The average molecular weight is 500 g/mol. The summed E-state index contributed by atoms with van der Waals surface area (Å²) in [7, 11) is 0. The molecule has 0 spiro atoms. The highest BCUT2D eigenvalue weighted by molar-refractivity contribution is 8.27. The zero-order valence-electron chi connectivity index (χ0n) is 17.2. The molecule has 1 heterocycles. The number of aryl methyl sites for hydroxylation is 1. The Hall–Kier alpha value is -2.31. The van der Waals surface area contributed by atoms with Crippen LogP contribution in [-0.2, 0) is 17.8 Å². The first-order valence-corrected chi connectivity index (χ1v) is 12.0. The highest BCUT2D eigenvalue weighted by Gasteiger charge is 2.34. The molecule has 0 unspecified atom stereocenters. The van der Waals surface area contributed by atoms with Crippen molar-refractivity contribution in [2.24, 2.45) is 0 Å². The minimum absolute atomic E-state index is 0.125. The molecule has 0 aliphatic carbocycles. The van der Waals surface area contributed by atoms with E-state index in [1.807, 2.05) is 60.7 Å². The number of hydrogen-bond acceptors (Lipinski definition) is 4. The number of para-hydroxylation sites is 1. The summed E-state index contributed by atoms with van der Waals surface area (Å²) in [6.07, 6.45) is 2.63. The topological polar surface area (TPSA) is 29.5 Å². The zero-order valence-corrected chi connectivity index (χ0v) is 20.3. The largest absolute Gasteiger partial charge is 0.487 e. The number of hydrogen-bond donors (Lipinski definition) is 0. The van der Waals surface area contributed by atoms with Crippen molar-refractivity contribution in [3.8, 4) is 5.75 Å². The van der Waals surface area contributed by atoms with Crippen LogP contribution in [0.15, 0.2) is 71.6 Å². The molecule has 0 N–H and O–H groups in total. The molecule has 0 saturated carbocycles. The first kappa shape index (κ1) is 22.9. The molecule has 1 saturated heterocycles. The number of rotatable bonds is 6. The van der Waals surface area contributed by atoms with Gasteiger partial charge in [0.1, 0.15) is 12.4 Å². The van der Waals surface area contributed by atoms with Crippen molar-refractivity contribution >= 4 is 69.2 Å². The van der Waals surface area contributed by atoms with Crippen LogP contribution in [0.5, 0.6) is 5.75 Å². The van der Waals surface area contributed by atoms with Gasteiger partial charge in [-0.25, -0.2) is 0 Å². The van der Waals surface area contributed by atoms with Gasteiger partial charge < -0.3 is 4.74 Å². The third-order valence-corrected chi connectivity index (χ3v) is 6.82. The molecule has 3 aromatic rings. The van der Waals surface area contributed by atoms with E-state index in [4.69, 9.17) is 40.2 Å². The number of carbonyl (C=O) groups excluding carboxylic acids is 1. The van der Waals surface area contributed by atoms with Crippen molar-refractivity contribution in [3.05, 3.63) is 98.4 Å². The maximum atomic E-state index is 13.1. The van der Waals surface area contributed by atoms with E-state index in [-0.39, 0.29) is 5.91 Å². The van der Waals surface area contributed by atoms with Gasteiger partial charge >= 0.3 is 0 Å². The Morgan fingerprint density at radius 2 is 1.81 bits per heavy atom. The number of anilines is 1. The van der Waals surface area contributed by atoms with Gasteiger partial charge in [-0.2, -0.15) is 0 Å². The maximum Gasteiger partial charge on any atom is 0.270 e. The van der Waals surface area contributed by atoms with Gasteiger partial charge in [-0.3, -0.25) is 9.69 Å². The van der Waals surface area contributed by atoms with Crippen LogP contribution in [0.3, 0.4) is 0 Å². The van der Waals surface area contributed by atoms with Crippen molar-refractivity contribution in [1.82, 2.24) is 0 Å². The van der Waals surface area contributed by atoms with Crippen LogP contribution < -0.4 is 9.64 Å².